The van der Waals surface area contributed by atoms with Crippen LogP contribution in [-0.2, 0) is 4.79 Å². The molecule has 0 bridgehead atoms. The number of amides is 2. The first-order valence-electron chi connectivity index (χ1n) is 9.98. The van der Waals surface area contributed by atoms with Crippen molar-refractivity contribution in [1.29, 1.82) is 0 Å². The molecule has 158 valence electrons. The zero-order chi connectivity index (χ0) is 22.4. The molecule has 1 fully saturated rings. The Labute approximate surface area is 195 Å². The highest BCUT2D eigenvalue weighted by atomic mass is 79.9. The molecule has 3 aromatic rings. The summed E-state index contributed by atoms with van der Waals surface area (Å²) in [5.41, 5.74) is 8.14. The summed E-state index contributed by atoms with van der Waals surface area (Å²) in [4.78, 5) is 27.3. The fraction of sp³-hybridized carbons (Fsp3) is 0.200. The average molecular weight is 495 g/mol. The number of rotatable bonds is 3. The van der Waals surface area contributed by atoms with Gasteiger partial charge in [-0.1, -0.05) is 33.6 Å². The van der Waals surface area contributed by atoms with Gasteiger partial charge in [-0.3, -0.25) is 9.59 Å². The maximum atomic E-state index is 13.0. The van der Waals surface area contributed by atoms with Crippen molar-refractivity contribution >= 4 is 50.6 Å². The zero-order valence-corrected chi connectivity index (χ0v) is 20.5. The highest BCUT2D eigenvalue weighted by Gasteiger charge is 2.36. The second-order valence-electron chi connectivity index (χ2n) is 7.91. The summed E-state index contributed by atoms with van der Waals surface area (Å²) in [6, 6.07) is 13.8. The third-order valence-electron chi connectivity index (χ3n) is 5.52. The first kappa shape index (κ1) is 21.7. The summed E-state index contributed by atoms with van der Waals surface area (Å²) in [5.74, 6) is -0.279. The molecule has 1 aliphatic rings. The molecule has 0 aliphatic carbocycles. The number of benzene rings is 2. The van der Waals surface area contributed by atoms with Gasteiger partial charge in [0.25, 0.3) is 11.1 Å². The molecule has 2 aromatic carbocycles. The lowest BCUT2D eigenvalue weighted by atomic mass is 10.1. The third kappa shape index (κ3) is 3.90. The van der Waals surface area contributed by atoms with Crippen LogP contribution in [0.25, 0.3) is 11.8 Å². The largest absolute Gasteiger partial charge is 0.318 e. The number of carbonyl (C=O) groups is 2. The number of nitrogens with zero attached hydrogens (tertiary/aromatic N) is 2. The number of aromatic nitrogens is 1. The summed E-state index contributed by atoms with van der Waals surface area (Å²) in [6.45, 7) is 10.2. The van der Waals surface area contributed by atoms with E-state index in [0.29, 0.717) is 10.6 Å². The number of thioether (sulfide) groups is 1. The van der Waals surface area contributed by atoms with Gasteiger partial charge in [-0.05, 0) is 99.5 Å². The normalized spacial score (nSPS) is 15.4. The minimum absolute atomic E-state index is 0.270. The summed E-state index contributed by atoms with van der Waals surface area (Å²) in [6.07, 6.45) is 1.83. The lowest BCUT2D eigenvalue weighted by Crippen LogP contribution is -2.27. The molecule has 0 N–H and O–H groups in total. The standard InChI is InChI=1S/C25H23BrN2O2S/c1-14-6-8-20(9-7-14)28-24(29)22(31-25(28)30)13-19-12-17(4)27(18(19)5)21-10-15(2)23(26)16(3)11-21/h6-13H,1-5H3/b22-13-. The second-order valence-corrected chi connectivity index (χ2v) is 9.69. The predicted molar refractivity (Wildman–Crippen MR) is 132 cm³/mol. The van der Waals surface area contributed by atoms with Gasteiger partial charge in [0.2, 0.25) is 0 Å². The zero-order valence-electron chi connectivity index (χ0n) is 18.1. The lowest BCUT2D eigenvalue weighted by molar-refractivity contribution is -0.113. The number of imide groups is 1. The van der Waals surface area contributed by atoms with Crippen LogP contribution in [-0.4, -0.2) is 15.7 Å². The van der Waals surface area contributed by atoms with E-state index in [1.165, 1.54) is 16.0 Å². The monoisotopic (exact) mass is 494 g/mol. The van der Waals surface area contributed by atoms with Gasteiger partial charge in [0.05, 0.1) is 10.6 Å². The van der Waals surface area contributed by atoms with Crippen LogP contribution in [0.3, 0.4) is 0 Å². The molecule has 0 unspecified atom stereocenters. The van der Waals surface area contributed by atoms with Crippen molar-refractivity contribution in [3.05, 3.63) is 85.5 Å². The Balaban J connectivity index is 1.72. The molecular formula is C25H23BrN2O2S. The molecule has 1 aliphatic heterocycles. The fourth-order valence-corrected chi connectivity index (χ4v) is 4.97. The molecule has 6 heteroatoms. The van der Waals surface area contributed by atoms with Crippen molar-refractivity contribution in [3.8, 4) is 5.69 Å². The summed E-state index contributed by atoms with van der Waals surface area (Å²) >= 11 is 4.62. The number of halogens is 1. The number of anilines is 1. The average Bonchev–Trinajstić information content (AvgIpc) is 3.15. The molecule has 2 heterocycles. The van der Waals surface area contributed by atoms with Gasteiger partial charge in [0.15, 0.2) is 0 Å². The van der Waals surface area contributed by atoms with Crippen LogP contribution in [0.4, 0.5) is 10.5 Å². The van der Waals surface area contributed by atoms with Crippen molar-refractivity contribution in [3.63, 3.8) is 0 Å². The van der Waals surface area contributed by atoms with E-state index < -0.39 is 0 Å². The fourth-order valence-electron chi connectivity index (χ4n) is 3.91. The minimum atomic E-state index is -0.279. The van der Waals surface area contributed by atoms with E-state index in [2.05, 4.69) is 59.5 Å². The second kappa shape index (κ2) is 8.17. The number of hydrogen-bond acceptors (Lipinski definition) is 3. The highest BCUT2D eigenvalue weighted by Crippen LogP contribution is 2.37. The summed E-state index contributed by atoms with van der Waals surface area (Å²) in [7, 11) is 0. The maximum Gasteiger partial charge on any atom is 0.298 e. The molecule has 2 amide bonds. The molecule has 0 spiro atoms. The maximum absolute atomic E-state index is 13.0. The Morgan fingerprint density at radius 1 is 0.871 bits per heavy atom. The Morgan fingerprint density at radius 2 is 1.48 bits per heavy atom. The van der Waals surface area contributed by atoms with Crippen LogP contribution in [0.2, 0.25) is 0 Å². The quantitative estimate of drug-likeness (QED) is 0.367. The van der Waals surface area contributed by atoms with Crippen molar-refractivity contribution in [2.24, 2.45) is 0 Å². The molecule has 0 radical (unpaired) electrons. The third-order valence-corrected chi connectivity index (χ3v) is 7.64. The van der Waals surface area contributed by atoms with Crippen LogP contribution in [0.1, 0.15) is 33.6 Å². The van der Waals surface area contributed by atoms with Gasteiger partial charge in [0, 0.05) is 21.5 Å². The van der Waals surface area contributed by atoms with E-state index in [1.54, 1.807) is 12.1 Å². The van der Waals surface area contributed by atoms with E-state index in [9.17, 15) is 9.59 Å². The first-order chi connectivity index (χ1) is 14.7. The van der Waals surface area contributed by atoms with Crippen molar-refractivity contribution < 1.29 is 9.59 Å². The Kier molecular flexibility index (Phi) is 5.71. The van der Waals surface area contributed by atoms with Gasteiger partial charge in [-0.15, -0.1) is 0 Å². The lowest BCUT2D eigenvalue weighted by Gasteiger charge is -2.13. The van der Waals surface area contributed by atoms with Gasteiger partial charge >= 0.3 is 0 Å². The van der Waals surface area contributed by atoms with Gasteiger partial charge < -0.3 is 4.57 Å². The van der Waals surface area contributed by atoms with Crippen molar-refractivity contribution in [1.82, 2.24) is 4.57 Å². The smallest absolute Gasteiger partial charge is 0.298 e. The van der Waals surface area contributed by atoms with Gasteiger partial charge in [-0.25, -0.2) is 4.90 Å². The van der Waals surface area contributed by atoms with Crippen LogP contribution < -0.4 is 4.90 Å². The number of hydrogen-bond donors (Lipinski definition) is 0. The van der Waals surface area contributed by atoms with Gasteiger partial charge in [0.1, 0.15) is 0 Å². The molecule has 0 atom stereocenters. The topological polar surface area (TPSA) is 42.3 Å². The number of aryl methyl sites for hydroxylation is 4. The summed E-state index contributed by atoms with van der Waals surface area (Å²) < 4.78 is 3.30. The minimum Gasteiger partial charge on any atom is -0.318 e. The predicted octanol–water partition coefficient (Wildman–Crippen LogP) is 7.02. The SMILES string of the molecule is Cc1ccc(N2C(=O)S/C(=C\c3cc(C)n(-c4cc(C)c(Br)c(C)c4)c3C)C2=O)cc1. The van der Waals surface area contributed by atoms with E-state index in [4.69, 9.17) is 0 Å². The molecule has 4 nitrogen and oxygen atoms in total. The molecule has 31 heavy (non-hydrogen) atoms. The van der Waals surface area contributed by atoms with Gasteiger partial charge in [-0.2, -0.15) is 0 Å². The summed E-state index contributed by atoms with van der Waals surface area (Å²) in [5, 5.41) is -0.270. The van der Waals surface area contributed by atoms with Crippen molar-refractivity contribution in [2.45, 2.75) is 34.6 Å². The highest BCUT2D eigenvalue weighted by molar-refractivity contribution is 9.10. The Morgan fingerprint density at radius 3 is 2.10 bits per heavy atom. The van der Waals surface area contributed by atoms with Crippen LogP contribution in [0, 0.1) is 34.6 Å². The van der Waals surface area contributed by atoms with Crippen molar-refractivity contribution in [2.75, 3.05) is 4.90 Å². The molecule has 1 saturated heterocycles. The molecular weight excluding hydrogens is 472 g/mol. The van der Waals surface area contributed by atoms with Crippen LogP contribution in [0.15, 0.2) is 51.8 Å². The van der Waals surface area contributed by atoms with Crippen LogP contribution in [0.5, 0.6) is 0 Å². The first-order valence-corrected chi connectivity index (χ1v) is 11.6. The Bertz CT molecular complexity index is 1230. The van der Waals surface area contributed by atoms with E-state index in [1.807, 2.05) is 32.1 Å². The molecule has 0 saturated carbocycles. The molecule has 4 rings (SSSR count). The van der Waals surface area contributed by atoms with E-state index >= 15 is 0 Å². The van der Waals surface area contributed by atoms with Crippen LogP contribution >= 0.6 is 27.7 Å². The Hall–Kier alpha value is -2.57. The molecule has 1 aromatic heterocycles. The number of carbonyl (C=O) groups excluding carboxylic acids is 2. The van der Waals surface area contributed by atoms with E-state index in [-0.39, 0.29) is 11.1 Å². The van der Waals surface area contributed by atoms with E-state index in [0.717, 1.165) is 44.4 Å².